The van der Waals surface area contributed by atoms with Gasteiger partial charge in [0.05, 0.1) is 12.1 Å². The molecule has 83 valence electrons. The standard InChI is InChI=1S/C14H10FN2/c15-13-7-5-11(6-8-13)9-17-10-12-3-1-2-4-14(12)16-17/h1,3-8,10H,9H2. The molecule has 3 aromatic rings. The second-order valence-electron chi connectivity index (χ2n) is 3.94. The largest absolute Gasteiger partial charge is 0.267 e. The van der Waals surface area contributed by atoms with Crippen LogP contribution >= 0.6 is 0 Å². The van der Waals surface area contributed by atoms with E-state index in [2.05, 4.69) is 11.2 Å². The highest BCUT2D eigenvalue weighted by atomic mass is 19.1. The Hall–Kier alpha value is -2.16. The van der Waals surface area contributed by atoms with Crippen LogP contribution in [0.25, 0.3) is 10.9 Å². The van der Waals surface area contributed by atoms with Crippen LogP contribution in [0.15, 0.2) is 48.7 Å². The molecule has 0 atom stereocenters. The molecular formula is C14H10FN2. The zero-order valence-corrected chi connectivity index (χ0v) is 9.10. The van der Waals surface area contributed by atoms with E-state index in [-0.39, 0.29) is 5.82 Å². The van der Waals surface area contributed by atoms with Crippen LogP contribution in [-0.4, -0.2) is 9.78 Å². The smallest absolute Gasteiger partial charge is 0.123 e. The lowest BCUT2D eigenvalue weighted by molar-refractivity contribution is 0.624. The van der Waals surface area contributed by atoms with Crippen LogP contribution in [0, 0.1) is 11.9 Å². The minimum Gasteiger partial charge on any atom is -0.267 e. The van der Waals surface area contributed by atoms with Crippen molar-refractivity contribution in [2.75, 3.05) is 0 Å². The maximum atomic E-state index is 12.8. The van der Waals surface area contributed by atoms with Crippen LogP contribution in [0.5, 0.6) is 0 Å². The maximum absolute atomic E-state index is 12.8. The van der Waals surface area contributed by atoms with Crippen molar-refractivity contribution in [3.05, 3.63) is 66.1 Å². The molecule has 0 bridgehead atoms. The van der Waals surface area contributed by atoms with Crippen LogP contribution in [0.3, 0.4) is 0 Å². The summed E-state index contributed by atoms with van der Waals surface area (Å²) in [6.45, 7) is 0.648. The Bertz CT molecular complexity index is 608. The van der Waals surface area contributed by atoms with E-state index in [9.17, 15) is 4.39 Å². The number of rotatable bonds is 2. The summed E-state index contributed by atoms with van der Waals surface area (Å²) >= 11 is 0. The minimum atomic E-state index is -0.214. The predicted molar refractivity (Wildman–Crippen MR) is 64.1 cm³/mol. The Morgan fingerprint density at radius 3 is 2.76 bits per heavy atom. The molecule has 2 aromatic carbocycles. The Balaban J connectivity index is 1.92. The van der Waals surface area contributed by atoms with E-state index in [0.29, 0.717) is 6.54 Å². The summed E-state index contributed by atoms with van der Waals surface area (Å²) in [5.41, 5.74) is 1.96. The van der Waals surface area contributed by atoms with Crippen molar-refractivity contribution in [2.24, 2.45) is 0 Å². The van der Waals surface area contributed by atoms with E-state index in [1.165, 1.54) is 12.1 Å². The summed E-state index contributed by atoms with van der Waals surface area (Å²) in [6.07, 6.45) is 1.98. The van der Waals surface area contributed by atoms with Crippen molar-refractivity contribution in [3.8, 4) is 0 Å². The van der Waals surface area contributed by atoms with Crippen LogP contribution in [0.1, 0.15) is 5.56 Å². The molecule has 1 aromatic heterocycles. The Morgan fingerprint density at radius 1 is 1.18 bits per heavy atom. The molecule has 17 heavy (non-hydrogen) atoms. The average Bonchev–Trinajstić information content (AvgIpc) is 2.74. The molecule has 3 heteroatoms. The van der Waals surface area contributed by atoms with E-state index < -0.39 is 0 Å². The third-order valence-electron chi connectivity index (χ3n) is 2.66. The van der Waals surface area contributed by atoms with Crippen molar-refractivity contribution in [1.29, 1.82) is 0 Å². The molecule has 0 aliphatic rings. The first-order valence-electron chi connectivity index (χ1n) is 5.39. The molecule has 1 radical (unpaired) electrons. The highest BCUT2D eigenvalue weighted by Gasteiger charge is 2.00. The third-order valence-corrected chi connectivity index (χ3v) is 2.66. The summed E-state index contributed by atoms with van der Waals surface area (Å²) in [7, 11) is 0. The second kappa shape index (κ2) is 4.01. The van der Waals surface area contributed by atoms with Crippen LogP contribution in [0.4, 0.5) is 4.39 Å². The molecule has 0 saturated carbocycles. The Kier molecular flexibility index (Phi) is 2.37. The molecule has 0 aliphatic carbocycles. The summed E-state index contributed by atoms with van der Waals surface area (Å²) in [5.74, 6) is -0.214. The van der Waals surface area contributed by atoms with Gasteiger partial charge in [0.2, 0.25) is 0 Å². The summed E-state index contributed by atoms with van der Waals surface area (Å²) in [6, 6.07) is 15.2. The van der Waals surface area contributed by atoms with E-state index in [1.54, 1.807) is 12.1 Å². The quantitative estimate of drug-likeness (QED) is 0.655. The monoisotopic (exact) mass is 225 g/mol. The number of hydrogen-bond acceptors (Lipinski definition) is 1. The predicted octanol–water partition coefficient (Wildman–Crippen LogP) is 3.02. The van der Waals surface area contributed by atoms with Crippen LogP contribution in [-0.2, 0) is 6.54 Å². The molecule has 1 heterocycles. The average molecular weight is 225 g/mol. The topological polar surface area (TPSA) is 17.8 Å². The number of halogens is 1. The highest BCUT2D eigenvalue weighted by molar-refractivity contribution is 5.77. The van der Waals surface area contributed by atoms with Crippen molar-refractivity contribution in [1.82, 2.24) is 9.78 Å². The van der Waals surface area contributed by atoms with Gasteiger partial charge in [-0.15, -0.1) is 0 Å². The van der Waals surface area contributed by atoms with Gasteiger partial charge in [-0.1, -0.05) is 24.3 Å². The fraction of sp³-hybridized carbons (Fsp3) is 0.0714. The van der Waals surface area contributed by atoms with Crippen LogP contribution < -0.4 is 0 Å². The van der Waals surface area contributed by atoms with Crippen LogP contribution in [0.2, 0.25) is 0 Å². The van der Waals surface area contributed by atoms with Gasteiger partial charge in [-0.25, -0.2) is 4.39 Å². The Labute approximate surface area is 98.3 Å². The number of nitrogens with zero attached hydrogens (tertiary/aromatic N) is 2. The molecule has 0 fully saturated rings. The molecule has 0 aliphatic heterocycles. The first-order valence-corrected chi connectivity index (χ1v) is 5.39. The van der Waals surface area contributed by atoms with Gasteiger partial charge >= 0.3 is 0 Å². The fourth-order valence-electron chi connectivity index (χ4n) is 1.82. The first-order chi connectivity index (χ1) is 8.31. The lowest BCUT2D eigenvalue weighted by Crippen LogP contribution is -1.99. The molecule has 2 nitrogen and oxygen atoms in total. The molecule has 0 amide bonds. The Morgan fingerprint density at radius 2 is 2.00 bits per heavy atom. The zero-order chi connectivity index (χ0) is 11.7. The van der Waals surface area contributed by atoms with Gasteiger partial charge in [0.1, 0.15) is 5.82 Å². The summed E-state index contributed by atoms with van der Waals surface area (Å²) in [5, 5.41) is 5.51. The van der Waals surface area contributed by atoms with E-state index >= 15 is 0 Å². The molecule has 0 spiro atoms. The zero-order valence-electron chi connectivity index (χ0n) is 9.10. The number of aromatic nitrogens is 2. The maximum Gasteiger partial charge on any atom is 0.123 e. The lowest BCUT2D eigenvalue weighted by atomic mass is 10.2. The van der Waals surface area contributed by atoms with Gasteiger partial charge in [0.25, 0.3) is 0 Å². The van der Waals surface area contributed by atoms with E-state index in [0.717, 1.165) is 16.5 Å². The summed E-state index contributed by atoms with van der Waals surface area (Å²) < 4.78 is 14.6. The van der Waals surface area contributed by atoms with Gasteiger partial charge in [-0.3, -0.25) is 4.68 Å². The second-order valence-corrected chi connectivity index (χ2v) is 3.94. The molecule has 0 N–H and O–H groups in total. The molecule has 3 rings (SSSR count). The number of benzene rings is 2. The lowest BCUT2D eigenvalue weighted by Gasteiger charge is -2.00. The normalized spacial score (nSPS) is 10.9. The third kappa shape index (κ3) is 2.04. The van der Waals surface area contributed by atoms with Gasteiger partial charge in [0.15, 0.2) is 0 Å². The first kappa shape index (κ1) is 10.0. The van der Waals surface area contributed by atoms with Gasteiger partial charge in [0, 0.05) is 11.6 Å². The van der Waals surface area contributed by atoms with Crippen molar-refractivity contribution in [2.45, 2.75) is 6.54 Å². The van der Waals surface area contributed by atoms with Crippen molar-refractivity contribution >= 4 is 10.9 Å². The number of fused-ring (bicyclic) bond motifs is 1. The van der Waals surface area contributed by atoms with Gasteiger partial charge in [-0.2, -0.15) is 5.10 Å². The van der Waals surface area contributed by atoms with E-state index in [4.69, 9.17) is 0 Å². The molecular weight excluding hydrogens is 215 g/mol. The SMILES string of the molecule is Fc1ccc(Cn2cc3cc[c]cc3n2)cc1. The van der Waals surface area contributed by atoms with Gasteiger partial charge in [-0.05, 0) is 29.8 Å². The van der Waals surface area contributed by atoms with Gasteiger partial charge < -0.3 is 0 Å². The van der Waals surface area contributed by atoms with E-state index in [1.807, 2.05) is 29.1 Å². The fourth-order valence-corrected chi connectivity index (χ4v) is 1.82. The van der Waals surface area contributed by atoms with Crippen molar-refractivity contribution < 1.29 is 4.39 Å². The highest BCUT2D eigenvalue weighted by Crippen LogP contribution is 2.12. The number of hydrogen-bond donors (Lipinski definition) is 0. The minimum absolute atomic E-state index is 0.214. The summed E-state index contributed by atoms with van der Waals surface area (Å²) in [4.78, 5) is 0. The molecule has 0 saturated heterocycles. The molecule has 0 unspecified atom stereocenters. The van der Waals surface area contributed by atoms with Crippen molar-refractivity contribution in [3.63, 3.8) is 0 Å².